The summed E-state index contributed by atoms with van der Waals surface area (Å²) in [4.78, 5) is 37.4. The summed E-state index contributed by atoms with van der Waals surface area (Å²) in [6.45, 7) is 0.495. The summed E-state index contributed by atoms with van der Waals surface area (Å²) >= 11 is 0. The topological polar surface area (TPSA) is 95.9 Å². The Morgan fingerprint density at radius 3 is 2.29 bits per heavy atom. The van der Waals surface area contributed by atoms with Crippen molar-refractivity contribution in [3.8, 4) is 11.1 Å². The van der Waals surface area contributed by atoms with Gasteiger partial charge < -0.3 is 20.1 Å². The van der Waals surface area contributed by atoms with E-state index < -0.39 is 12.1 Å². The minimum atomic E-state index is -0.922. The second-order valence-electron chi connectivity index (χ2n) is 8.01. The molecule has 0 radical (unpaired) electrons. The summed E-state index contributed by atoms with van der Waals surface area (Å²) in [6, 6.07) is 15.9. The van der Waals surface area contributed by atoms with Crippen molar-refractivity contribution >= 4 is 18.0 Å². The zero-order valence-corrected chi connectivity index (χ0v) is 17.3. The number of nitrogens with one attached hydrogen (secondary N) is 1. The number of alkyl carbamates (subject to hydrolysis) is 1. The Labute approximate surface area is 181 Å². The number of rotatable bonds is 6. The molecule has 2 N–H and O–H groups in total. The summed E-state index contributed by atoms with van der Waals surface area (Å²) < 4.78 is 5.45. The first-order chi connectivity index (χ1) is 15.0. The van der Waals surface area contributed by atoms with Gasteiger partial charge in [0.15, 0.2) is 0 Å². The number of amides is 2. The van der Waals surface area contributed by atoms with Crippen molar-refractivity contribution in [2.24, 2.45) is 0 Å². The summed E-state index contributed by atoms with van der Waals surface area (Å²) in [6.07, 6.45) is 1.69. The van der Waals surface area contributed by atoms with E-state index in [2.05, 4.69) is 17.4 Å². The van der Waals surface area contributed by atoms with Crippen LogP contribution in [-0.4, -0.2) is 53.7 Å². The van der Waals surface area contributed by atoms with Crippen LogP contribution < -0.4 is 5.32 Å². The van der Waals surface area contributed by atoms with Gasteiger partial charge in [0.2, 0.25) is 5.91 Å². The Morgan fingerprint density at radius 1 is 1.00 bits per heavy atom. The van der Waals surface area contributed by atoms with Crippen molar-refractivity contribution in [3.05, 3.63) is 59.7 Å². The van der Waals surface area contributed by atoms with E-state index in [-0.39, 0.29) is 37.4 Å². The molecule has 0 spiro atoms. The van der Waals surface area contributed by atoms with Crippen LogP contribution in [0.5, 0.6) is 0 Å². The van der Waals surface area contributed by atoms with Gasteiger partial charge in [-0.15, -0.1) is 0 Å². The smallest absolute Gasteiger partial charge is 0.407 e. The molecule has 1 aliphatic carbocycles. The predicted molar refractivity (Wildman–Crippen MR) is 115 cm³/mol. The van der Waals surface area contributed by atoms with Crippen LogP contribution in [0.15, 0.2) is 48.5 Å². The fraction of sp³-hybridized carbons (Fsp3) is 0.375. The molecule has 1 saturated heterocycles. The lowest BCUT2D eigenvalue weighted by molar-refractivity contribution is -0.141. The third-order valence-corrected chi connectivity index (χ3v) is 6.09. The lowest BCUT2D eigenvalue weighted by Gasteiger charge is -2.35. The number of piperidine rings is 1. The highest BCUT2D eigenvalue weighted by atomic mass is 16.5. The molecule has 31 heavy (non-hydrogen) atoms. The standard InChI is InChI=1S/C24H26N2O5/c27-22(26-12-6-5-7-16(26)13-23(28)29)14-25-24(30)31-15-21-19-10-3-1-8-17(19)18-9-2-4-11-20(18)21/h1-4,8-11,16,21H,5-7,12-15H2,(H,25,30)(H,28,29). The van der Waals surface area contributed by atoms with E-state index in [4.69, 9.17) is 9.84 Å². The number of hydrogen-bond donors (Lipinski definition) is 2. The van der Waals surface area contributed by atoms with E-state index >= 15 is 0 Å². The van der Waals surface area contributed by atoms with Crippen LogP contribution in [0, 0.1) is 0 Å². The Morgan fingerprint density at radius 2 is 1.65 bits per heavy atom. The zero-order chi connectivity index (χ0) is 21.8. The molecule has 2 aromatic rings. The van der Waals surface area contributed by atoms with Crippen LogP contribution in [0.4, 0.5) is 4.79 Å². The molecule has 4 rings (SSSR count). The van der Waals surface area contributed by atoms with Crippen LogP contribution in [0.2, 0.25) is 0 Å². The molecule has 7 heteroatoms. The second-order valence-corrected chi connectivity index (χ2v) is 8.01. The Balaban J connectivity index is 1.33. The molecule has 1 fully saturated rings. The number of carboxylic acid groups (broad SMARTS) is 1. The first-order valence-electron chi connectivity index (χ1n) is 10.6. The normalized spacial score (nSPS) is 17.5. The fourth-order valence-electron chi connectivity index (χ4n) is 4.64. The van der Waals surface area contributed by atoms with E-state index in [1.54, 1.807) is 4.90 Å². The maximum Gasteiger partial charge on any atom is 0.407 e. The van der Waals surface area contributed by atoms with Gasteiger partial charge in [-0.3, -0.25) is 9.59 Å². The average Bonchev–Trinajstić information content (AvgIpc) is 3.10. The SMILES string of the molecule is O=C(O)CC1CCCCN1C(=O)CNC(=O)OCC1c2ccccc2-c2ccccc21. The number of hydrogen-bond acceptors (Lipinski definition) is 4. The highest BCUT2D eigenvalue weighted by molar-refractivity contribution is 5.83. The fourth-order valence-corrected chi connectivity index (χ4v) is 4.64. The van der Waals surface area contributed by atoms with Gasteiger partial charge in [-0.2, -0.15) is 0 Å². The zero-order valence-electron chi connectivity index (χ0n) is 17.3. The van der Waals surface area contributed by atoms with Crippen LogP contribution in [-0.2, 0) is 14.3 Å². The summed E-state index contributed by atoms with van der Waals surface area (Å²) in [5.74, 6) is -1.25. The number of nitrogens with zero attached hydrogens (tertiary/aromatic N) is 1. The van der Waals surface area contributed by atoms with Gasteiger partial charge in [-0.25, -0.2) is 4.79 Å². The molecule has 0 aromatic heterocycles. The third-order valence-electron chi connectivity index (χ3n) is 6.09. The number of fused-ring (bicyclic) bond motifs is 3. The molecule has 1 unspecified atom stereocenters. The van der Waals surface area contributed by atoms with E-state index in [0.717, 1.165) is 35.1 Å². The first-order valence-corrected chi connectivity index (χ1v) is 10.6. The molecule has 0 saturated carbocycles. The van der Waals surface area contributed by atoms with Crippen molar-refractivity contribution in [2.75, 3.05) is 19.7 Å². The summed E-state index contributed by atoms with van der Waals surface area (Å²) in [7, 11) is 0. The Kier molecular flexibility index (Phi) is 6.21. The largest absolute Gasteiger partial charge is 0.481 e. The van der Waals surface area contributed by atoms with Crippen molar-refractivity contribution in [1.82, 2.24) is 10.2 Å². The summed E-state index contributed by atoms with van der Waals surface area (Å²) in [5, 5.41) is 11.6. The predicted octanol–water partition coefficient (Wildman–Crippen LogP) is 3.38. The number of likely N-dealkylation sites (tertiary alicyclic amines) is 1. The van der Waals surface area contributed by atoms with E-state index in [1.807, 2.05) is 36.4 Å². The van der Waals surface area contributed by atoms with Gasteiger partial charge in [0, 0.05) is 18.5 Å². The van der Waals surface area contributed by atoms with E-state index in [0.29, 0.717) is 13.0 Å². The number of ether oxygens (including phenoxy) is 1. The van der Waals surface area contributed by atoms with Gasteiger partial charge in [0.05, 0.1) is 6.42 Å². The average molecular weight is 422 g/mol. The lowest BCUT2D eigenvalue weighted by Crippen LogP contribution is -2.48. The maximum atomic E-state index is 12.5. The molecule has 1 aliphatic heterocycles. The molecule has 2 amide bonds. The van der Waals surface area contributed by atoms with Crippen molar-refractivity contribution < 1.29 is 24.2 Å². The maximum absolute atomic E-state index is 12.5. The molecule has 7 nitrogen and oxygen atoms in total. The van der Waals surface area contributed by atoms with Crippen LogP contribution in [0.25, 0.3) is 11.1 Å². The number of carboxylic acids is 1. The monoisotopic (exact) mass is 422 g/mol. The summed E-state index contributed by atoms with van der Waals surface area (Å²) in [5.41, 5.74) is 4.54. The van der Waals surface area contributed by atoms with Crippen LogP contribution in [0.1, 0.15) is 42.7 Å². The van der Waals surface area contributed by atoms with Crippen molar-refractivity contribution in [2.45, 2.75) is 37.6 Å². The van der Waals surface area contributed by atoms with Crippen molar-refractivity contribution in [3.63, 3.8) is 0 Å². The third kappa shape index (κ3) is 4.55. The highest BCUT2D eigenvalue weighted by Crippen LogP contribution is 2.44. The molecular formula is C24H26N2O5. The first kappa shape index (κ1) is 20.9. The van der Waals surface area contributed by atoms with Gasteiger partial charge in [0.1, 0.15) is 13.2 Å². The van der Waals surface area contributed by atoms with Crippen molar-refractivity contribution in [1.29, 1.82) is 0 Å². The van der Waals surface area contributed by atoms with Crippen LogP contribution in [0.3, 0.4) is 0 Å². The molecule has 1 atom stereocenters. The lowest BCUT2D eigenvalue weighted by atomic mass is 9.98. The highest BCUT2D eigenvalue weighted by Gasteiger charge is 2.30. The second kappa shape index (κ2) is 9.20. The van der Waals surface area contributed by atoms with E-state index in [1.165, 1.54) is 0 Å². The molecule has 0 bridgehead atoms. The molecule has 2 aliphatic rings. The van der Waals surface area contributed by atoms with Gasteiger partial charge in [-0.1, -0.05) is 48.5 Å². The molecule has 162 valence electrons. The minimum absolute atomic E-state index is 0.0455. The number of aliphatic carboxylic acids is 1. The quantitative estimate of drug-likeness (QED) is 0.744. The number of carbonyl (C=O) groups is 3. The Hall–Kier alpha value is -3.35. The van der Waals surface area contributed by atoms with Gasteiger partial charge >= 0.3 is 12.1 Å². The number of benzene rings is 2. The van der Waals surface area contributed by atoms with Crippen LogP contribution >= 0.6 is 0 Å². The van der Waals surface area contributed by atoms with Gasteiger partial charge in [0.25, 0.3) is 0 Å². The van der Waals surface area contributed by atoms with Gasteiger partial charge in [-0.05, 0) is 41.5 Å². The molecule has 2 aromatic carbocycles. The Bertz CT molecular complexity index is 944. The van der Waals surface area contributed by atoms with E-state index in [9.17, 15) is 14.4 Å². The number of carbonyl (C=O) groups excluding carboxylic acids is 2. The minimum Gasteiger partial charge on any atom is -0.481 e. The molecular weight excluding hydrogens is 396 g/mol. The molecule has 1 heterocycles.